The molecule has 2 bridgehead atoms. The van der Waals surface area contributed by atoms with E-state index in [0.29, 0.717) is 12.8 Å². The summed E-state index contributed by atoms with van der Waals surface area (Å²) in [5.74, 6) is 0. The molecular weight excluding hydrogens is 146 g/mol. The maximum Gasteiger partial charge on any atom is 0.144 e. The molecule has 2 saturated heterocycles. The summed E-state index contributed by atoms with van der Waals surface area (Å²) in [6.07, 6.45) is 0.124. The third kappa shape index (κ3) is 0.980. The summed E-state index contributed by atoms with van der Waals surface area (Å²) >= 11 is 0. The number of aliphatic hydroxyl groups is 3. The Morgan fingerprint density at radius 3 is 2.82 bits per heavy atom. The maximum atomic E-state index is 9.64. The van der Waals surface area contributed by atoms with Crippen molar-refractivity contribution in [2.45, 2.75) is 43.2 Å². The highest BCUT2D eigenvalue weighted by Crippen LogP contribution is 2.33. The van der Waals surface area contributed by atoms with E-state index in [-0.39, 0.29) is 6.04 Å². The van der Waals surface area contributed by atoms with Gasteiger partial charge in [-0.2, -0.15) is 0 Å². The molecule has 2 rings (SSSR count). The van der Waals surface area contributed by atoms with Gasteiger partial charge in [0.05, 0.1) is 6.10 Å². The van der Waals surface area contributed by atoms with Crippen LogP contribution in [0.3, 0.4) is 0 Å². The van der Waals surface area contributed by atoms with Gasteiger partial charge in [0.15, 0.2) is 0 Å². The summed E-state index contributed by atoms with van der Waals surface area (Å²) in [5, 5.41) is 31.2. The van der Waals surface area contributed by atoms with E-state index in [4.69, 9.17) is 0 Å². The molecule has 0 saturated carbocycles. The highest BCUT2D eigenvalue weighted by atomic mass is 16.4. The van der Waals surface area contributed by atoms with Crippen LogP contribution in [-0.4, -0.2) is 39.3 Å². The number of rotatable bonds is 0. The Bertz CT molecular complexity index is 175. The predicted molar refractivity (Wildman–Crippen MR) is 37.7 cm³/mol. The Balaban J connectivity index is 2.21. The summed E-state index contributed by atoms with van der Waals surface area (Å²) in [6, 6.07) is 0.179. The molecule has 0 aromatic rings. The van der Waals surface area contributed by atoms with Gasteiger partial charge in [-0.15, -0.1) is 0 Å². The first kappa shape index (κ1) is 7.49. The van der Waals surface area contributed by atoms with Gasteiger partial charge in [-0.25, -0.2) is 0 Å². The van der Waals surface area contributed by atoms with Crippen LogP contribution in [0.4, 0.5) is 0 Å². The van der Waals surface area contributed by atoms with Gasteiger partial charge in [0.2, 0.25) is 0 Å². The number of piperidine rings is 1. The second-order valence-corrected chi connectivity index (χ2v) is 3.55. The van der Waals surface area contributed by atoms with Gasteiger partial charge in [-0.1, -0.05) is 0 Å². The Kier molecular flexibility index (Phi) is 1.47. The number of aliphatic hydroxyl groups excluding tert-OH is 2. The average Bonchev–Trinajstić information content (AvgIpc) is 2.27. The third-order valence-corrected chi connectivity index (χ3v) is 2.71. The minimum absolute atomic E-state index is 0.179. The van der Waals surface area contributed by atoms with Gasteiger partial charge in [0, 0.05) is 6.04 Å². The van der Waals surface area contributed by atoms with Crippen molar-refractivity contribution < 1.29 is 15.3 Å². The van der Waals surface area contributed by atoms with Crippen LogP contribution in [0.25, 0.3) is 0 Å². The lowest BCUT2D eigenvalue weighted by Gasteiger charge is -2.37. The van der Waals surface area contributed by atoms with Crippen molar-refractivity contribution in [2.24, 2.45) is 0 Å². The molecular formula is C7H13NO3. The molecule has 4 heteroatoms. The summed E-state index contributed by atoms with van der Waals surface area (Å²) in [6.45, 7) is 0. The smallest absolute Gasteiger partial charge is 0.144 e. The van der Waals surface area contributed by atoms with Crippen molar-refractivity contribution in [1.29, 1.82) is 0 Å². The minimum atomic E-state index is -1.22. The zero-order valence-corrected chi connectivity index (χ0v) is 6.20. The fraction of sp³-hybridized carbons (Fsp3) is 1.00. The lowest BCUT2D eigenvalue weighted by atomic mass is 9.96. The molecule has 2 aliphatic rings. The van der Waals surface area contributed by atoms with E-state index in [0.717, 1.165) is 6.42 Å². The Hall–Kier alpha value is -0.160. The van der Waals surface area contributed by atoms with E-state index in [2.05, 4.69) is 5.32 Å². The molecule has 4 N–H and O–H groups in total. The van der Waals surface area contributed by atoms with E-state index < -0.39 is 17.9 Å². The van der Waals surface area contributed by atoms with Crippen LogP contribution in [-0.2, 0) is 0 Å². The van der Waals surface area contributed by atoms with E-state index in [1.807, 2.05) is 0 Å². The zero-order valence-electron chi connectivity index (χ0n) is 6.20. The first-order chi connectivity index (χ1) is 5.12. The van der Waals surface area contributed by atoms with Crippen molar-refractivity contribution in [3.8, 4) is 0 Å². The molecule has 0 aromatic heterocycles. The molecule has 0 radical (unpaired) electrons. The minimum Gasteiger partial charge on any atom is -0.390 e. The van der Waals surface area contributed by atoms with Crippen LogP contribution in [0.5, 0.6) is 0 Å². The Labute approximate surface area is 64.8 Å². The Morgan fingerprint density at radius 1 is 1.36 bits per heavy atom. The lowest BCUT2D eigenvalue weighted by molar-refractivity contribution is -0.153. The van der Waals surface area contributed by atoms with Crippen LogP contribution < -0.4 is 5.32 Å². The van der Waals surface area contributed by atoms with Gasteiger partial charge in [0.1, 0.15) is 11.8 Å². The fourth-order valence-corrected chi connectivity index (χ4v) is 2.04. The van der Waals surface area contributed by atoms with Crippen LogP contribution in [0, 0.1) is 0 Å². The van der Waals surface area contributed by atoms with Gasteiger partial charge >= 0.3 is 0 Å². The van der Waals surface area contributed by atoms with Crippen LogP contribution in [0.2, 0.25) is 0 Å². The van der Waals surface area contributed by atoms with Crippen LogP contribution in [0.15, 0.2) is 0 Å². The molecule has 64 valence electrons. The average molecular weight is 159 g/mol. The largest absolute Gasteiger partial charge is 0.390 e. The molecule has 2 heterocycles. The monoisotopic (exact) mass is 159 g/mol. The highest BCUT2D eigenvalue weighted by Gasteiger charge is 2.50. The second-order valence-electron chi connectivity index (χ2n) is 3.55. The molecule has 0 amide bonds. The molecule has 2 fully saturated rings. The first-order valence-electron chi connectivity index (χ1n) is 3.98. The van der Waals surface area contributed by atoms with Crippen LogP contribution >= 0.6 is 0 Å². The Morgan fingerprint density at radius 2 is 2.09 bits per heavy atom. The van der Waals surface area contributed by atoms with Crippen molar-refractivity contribution in [1.82, 2.24) is 5.32 Å². The van der Waals surface area contributed by atoms with Crippen molar-refractivity contribution in [3.63, 3.8) is 0 Å². The van der Waals surface area contributed by atoms with Gasteiger partial charge in [0.25, 0.3) is 0 Å². The van der Waals surface area contributed by atoms with E-state index >= 15 is 0 Å². The van der Waals surface area contributed by atoms with Gasteiger partial charge in [-0.05, 0) is 19.3 Å². The van der Waals surface area contributed by atoms with Crippen molar-refractivity contribution >= 4 is 0 Å². The molecule has 4 nitrogen and oxygen atoms in total. The van der Waals surface area contributed by atoms with Crippen LogP contribution in [0.1, 0.15) is 19.3 Å². The van der Waals surface area contributed by atoms with Gasteiger partial charge < -0.3 is 15.3 Å². The van der Waals surface area contributed by atoms with E-state index in [1.54, 1.807) is 0 Å². The SMILES string of the molecule is O[C@@H]1CC2CCC(O)(N2)[C@H]1O. The van der Waals surface area contributed by atoms with E-state index in [9.17, 15) is 15.3 Å². The molecule has 0 aromatic carbocycles. The van der Waals surface area contributed by atoms with Crippen molar-refractivity contribution in [2.75, 3.05) is 0 Å². The number of fused-ring (bicyclic) bond motifs is 2. The number of nitrogens with one attached hydrogen (secondary N) is 1. The third-order valence-electron chi connectivity index (χ3n) is 2.71. The lowest BCUT2D eigenvalue weighted by Crippen LogP contribution is -2.61. The summed E-state index contributed by atoms with van der Waals surface area (Å²) < 4.78 is 0. The molecule has 0 spiro atoms. The second kappa shape index (κ2) is 2.17. The number of hydrogen-bond donors (Lipinski definition) is 4. The highest BCUT2D eigenvalue weighted by molar-refractivity contribution is 5.02. The van der Waals surface area contributed by atoms with Gasteiger partial charge in [-0.3, -0.25) is 5.32 Å². The number of hydrogen-bond acceptors (Lipinski definition) is 4. The first-order valence-corrected chi connectivity index (χ1v) is 3.98. The molecule has 0 aliphatic carbocycles. The molecule has 4 atom stereocenters. The quantitative estimate of drug-likeness (QED) is 0.349. The normalized spacial score (nSPS) is 56.5. The zero-order chi connectivity index (χ0) is 8.06. The predicted octanol–water partition coefficient (Wildman–Crippen LogP) is -1.45. The molecule has 11 heavy (non-hydrogen) atoms. The standard InChI is InChI=1S/C7H13NO3/c9-5-3-4-1-2-7(11,8-4)6(5)10/h4-6,8-11H,1-3H2/t4?,5-,6+,7?/m1/s1. The van der Waals surface area contributed by atoms with E-state index in [1.165, 1.54) is 0 Å². The summed E-state index contributed by atoms with van der Waals surface area (Å²) in [5.41, 5.74) is -1.22. The van der Waals surface area contributed by atoms with Crippen molar-refractivity contribution in [3.05, 3.63) is 0 Å². The fourth-order valence-electron chi connectivity index (χ4n) is 2.04. The molecule has 2 unspecified atom stereocenters. The summed E-state index contributed by atoms with van der Waals surface area (Å²) in [4.78, 5) is 0. The molecule has 2 aliphatic heterocycles. The maximum absolute atomic E-state index is 9.64. The topological polar surface area (TPSA) is 72.7 Å². The summed E-state index contributed by atoms with van der Waals surface area (Å²) in [7, 11) is 0.